The summed E-state index contributed by atoms with van der Waals surface area (Å²) in [6, 6.07) is 9.40. The average Bonchev–Trinajstić information content (AvgIpc) is 2.88. The Labute approximate surface area is 197 Å². The fraction of sp³-hybridized carbons (Fsp3) is 0.692. The summed E-state index contributed by atoms with van der Waals surface area (Å²) in [7, 11) is 0. The van der Waals surface area contributed by atoms with Crippen molar-refractivity contribution in [3.05, 3.63) is 35.9 Å². The monoisotopic (exact) mass is 457 g/mol. The molecule has 0 aromatic heterocycles. The summed E-state index contributed by atoms with van der Waals surface area (Å²) in [6.45, 7) is 3.08. The van der Waals surface area contributed by atoms with E-state index in [0.29, 0.717) is 25.6 Å². The van der Waals surface area contributed by atoms with E-state index in [0.717, 1.165) is 57.2 Å². The number of rotatable bonds is 6. The molecule has 33 heavy (non-hydrogen) atoms. The molecule has 1 aromatic carbocycles. The first-order valence-corrected chi connectivity index (χ1v) is 12.8. The predicted molar refractivity (Wildman–Crippen MR) is 126 cm³/mol. The van der Waals surface area contributed by atoms with Crippen LogP contribution in [0.3, 0.4) is 0 Å². The lowest BCUT2D eigenvalue weighted by molar-refractivity contribution is -0.138. The number of carbonyl (C=O) groups excluding carboxylic acids is 2. The Bertz CT molecular complexity index is 752. The zero-order valence-electron chi connectivity index (χ0n) is 19.7. The number of nitrogens with two attached hydrogens (primary N) is 1. The van der Waals surface area contributed by atoms with Crippen molar-refractivity contribution in [3.8, 4) is 0 Å². The van der Waals surface area contributed by atoms with Gasteiger partial charge in [-0.15, -0.1) is 0 Å². The van der Waals surface area contributed by atoms with Crippen LogP contribution in [0.4, 0.5) is 4.79 Å². The van der Waals surface area contributed by atoms with Crippen LogP contribution in [0.1, 0.15) is 63.4 Å². The number of ether oxygens (including phenoxy) is 2. The second-order valence-corrected chi connectivity index (χ2v) is 9.81. The third-order valence-corrected chi connectivity index (χ3v) is 7.49. The molecular formula is C26H39N3O4. The van der Waals surface area contributed by atoms with Crippen LogP contribution < -0.4 is 5.73 Å². The molecule has 0 radical (unpaired) electrons. The highest BCUT2D eigenvalue weighted by Crippen LogP contribution is 2.27. The molecular weight excluding hydrogens is 418 g/mol. The Kier molecular flexibility index (Phi) is 8.62. The number of likely N-dealkylation sites (tertiary alicyclic amines) is 2. The van der Waals surface area contributed by atoms with Gasteiger partial charge in [0.2, 0.25) is 5.91 Å². The lowest BCUT2D eigenvalue weighted by Crippen LogP contribution is -2.51. The van der Waals surface area contributed by atoms with Gasteiger partial charge in [0, 0.05) is 26.2 Å². The molecule has 1 saturated carbocycles. The molecule has 1 atom stereocenters. The highest BCUT2D eigenvalue weighted by molar-refractivity contribution is 5.82. The molecule has 2 heterocycles. The maximum Gasteiger partial charge on any atom is 0.410 e. The Balaban J connectivity index is 1.13. The van der Waals surface area contributed by atoms with Gasteiger partial charge < -0.3 is 25.0 Å². The molecule has 2 N–H and O–H groups in total. The van der Waals surface area contributed by atoms with Gasteiger partial charge in [0.25, 0.3) is 0 Å². The van der Waals surface area contributed by atoms with Gasteiger partial charge in [-0.2, -0.15) is 0 Å². The lowest BCUT2D eigenvalue weighted by Gasteiger charge is -2.38. The van der Waals surface area contributed by atoms with Crippen LogP contribution in [-0.2, 0) is 20.9 Å². The maximum atomic E-state index is 12.8. The Morgan fingerprint density at radius 1 is 0.848 bits per heavy atom. The fourth-order valence-corrected chi connectivity index (χ4v) is 5.38. The normalized spacial score (nSPS) is 22.2. The van der Waals surface area contributed by atoms with E-state index in [1.807, 2.05) is 35.2 Å². The third-order valence-electron chi connectivity index (χ3n) is 7.49. The molecule has 3 fully saturated rings. The van der Waals surface area contributed by atoms with Crippen molar-refractivity contribution in [3.63, 3.8) is 0 Å². The minimum absolute atomic E-state index is 0.127. The Hall–Kier alpha value is -2.12. The molecule has 1 aromatic rings. The average molecular weight is 458 g/mol. The number of amides is 2. The van der Waals surface area contributed by atoms with Gasteiger partial charge in [-0.05, 0) is 50.0 Å². The summed E-state index contributed by atoms with van der Waals surface area (Å²) in [5.74, 6) is 0.479. The van der Waals surface area contributed by atoms with Gasteiger partial charge in [-0.1, -0.05) is 49.6 Å². The largest absolute Gasteiger partial charge is 0.445 e. The van der Waals surface area contributed by atoms with E-state index in [1.54, 1.807) is 4.90 Å². The van der Waals surface area contributed by atoms with Crippen LogP contribution in [0.25, 0.3) is 0 Å². The second kappa shape index (κ2) is 11.8. The zero-order chi connectivity index (χ0) is 23.0. The molecule has 0 bridgehead atoms. The van der Waals surface area contributed by atoms with E-state index in [-0.39, 0.29) is 30.3 Å². The smallest absolute Gasteiger partial charge is 0.410 e. The first kappa shape index (κ1) is 24.0. The van der Waals surface area contributed by atoms with Crippen LogP contribution in [0.5, 0.6) is 0 Å². The molecule has 7 heteroatoms. The molecule has 0 spiro atoms. The molecule has 3 aliphatic rings. The Morgan fingerprint density at radius 3 is 2.03 bits per heavy atom. The van der Waals surface area contributed by atoms with Crippen LogP contribution in [0.15, 0.2) is 30.3 Å². The highest BCUT2D eigenvalue weighted by Gasteiger charge is 2.33. The fourth-order valence-electron chi connectivity index (χ4n) is 5.38. The van der Waals surface area contributed by atoms with E-state index in [9.17, 15) is 9.59 Å². The summed E-state index contributed by atoms with van der Waals surface area (Å²) in [4.78, 5) is 28.9. The lowest BCUT2D eigenvalue weighted by atomic mass is 9.83. The molecule has 2 saturated heterocycles. The summed E-state index contributed by atoms with van der Waals surface area (Å²) in [5.41, 5.74) is 7.33. The van der Waals surface area contributed by atoms with Crippen molar-refractivity contribution in [1.82, 2.24) is 9.80 Å². The van der Waals surface area contributed by atoms with E-state index in [1.165, 1.54) is 19.3 Å². The van der Waals surface area contributed by atoms with E-state index in [4.69, 9.17) is 15.2 Å². The number of carbonyl (C=O) groups is 2. The van der Waals surface area contributed by atoms with E-state index >= 15 is 0 Å². The molecule has 4 rings (SSSR count). The van der Waals surface area contributed by atoms with Crippen molar-refractivity contribution in [2.24, 2.45) is 11.7 Å². The molecule has 182 valence electrons. The topological polar surface area (TPSA) is 85.1 Å². The van der Waals surface area contributed by atoms with Crippen molar-refractivity contribution >= 4 is 12.0 Å². The quantitative estimate of drug-likeness (QED) is 0.704. The second-order valence-electron chi connectivity index (χ2n) is 9.81. The van der Waals surface area contributed by atoms with Gasteiger partial charge >= 0.3 is 6.09 Å². The minimum atomic E-state index is -0.339. The predicted octanol–water partition coefficient (Wildman–Crippen LogP) is 3.70. The SMILES string of the molecule is N[C@@H](C(=O)N1CCC(OC2CCN(C(=O)OCc3ccccc3)CC2)CC1)C1CCCCC1. The van der Waals surface area contributed by atoms with Crippen LogP contribution in [0, 0.1) is 5.92 Å². The zero-order valence-corrected chi connectivity index (χ0v) is 19.7. The van der Waals surface area contributed by atoms with Crippen LogP contribution in [0.2, 0.25) is 0 Å². The van der Waals surface area contributed by atoms with Gasteiger partial charge in [-0.3, -0.25) is 4.79 Å². The third kappa shape index (κ3) is 6.70. The van der Waals surface area contributed by atoms with Crippen molar-refractivity contribution in [1.29, 1.82) is 0 Å². The number of hydrogen-bond acceptors (Lipinski definition) is 5. The molecule has 2 amide bonds. The van der Waals surface area contributed by atoms with E-state index < -0.39 is 0 Å². The minimum Gasteiger partial charge on any atom is -0.445 e. The molecule has 1 aliphatic carbocycles. The molecule has 2 aliphatic heterocycles. The summed E-state index contributed by atoms with van der Waals surface area (Å²) < 4.78 is 11.8. The molecule has 7 nitrogen and oxygen atoms in total. The van der Waals surface area contributed by atoms with Crippen LogP contribution in [-0.4, -0.2) is 66.2 Å². The highest BCUT2D eigenvalue weighted by atomic mass is 16.6. The van der Waals surface area contributed by atoms with Gasteiger partial charge in [0.15, 0.2) is 0 Å². The van der Waals surface area contributed by atoms with Crippen molar-refractivity contribution in [2.45, 2.75) is 82.6 Å². The summed E-state index contributed by atoms with van der Waals surface area (Å²) in [5, 5.41) is 0. The molecule has 0 unspecified atom stereocenters. The van der Waals surface area contributed by atoms with Gasteiger partial charge in [0.05, 0.1) is 18.2 Å². The summed E-state index contributed by atoms with van der Waals surface area (Å²) >= 11 is 0. The summed E-state index contributed by atoms with van der Waals surface area (Å²) in [6.07, 6.45) is 9.32. The Morgan fingerprint density at radius 2 is 1.42 bits per heavy atom. The van der Waals surface area contributed by atoms with Crippen molar-refractivity contribution < 1.29 is 19.1 Å². The van der Waals surface area contributed by atoms with Gasteiger partial charge in [-0.25, -0.2) is 4.79 Å². The first-order valence-electron chi connectivity index (χ1n) is 12.8. The standard InChI is InChI=1S/C26H39N3O4/c27-24(21-9-5-2-6-10-21)25(30)28-15-11-22(12-16-28)33-23-13-17-29(18-14-23)26(31)32-19-20-7-3-1-4-8-20/h1,3-4,7-8,21-24H,2,5-6,9-19,27H2/t24-/m1/s1. The number of benzene rings is 1. The van der Waals surface area contributed by atoms with Crippen LogP contribution >= 0.6 is 0 Å². The number of hydrogen-bond donors (Lipinski definition) is 1. The van der Waals surface area contributed by atoms with E-state index in [2.05, 4.69) is 0 Å². The maximum absolute atomic E-state index is 12.8. The first-order chi connectivity index (χ1) is 16.1. The van der Waals surface area contributed by atoms with Gasteiger partial charge in [0.1, 0.15) is 6.61 Å². The number of piperidine rings is 2. The number of nitrogens with zero attached hydrogens (tertiary/aromatic N) is 2. The van der Waals surface area contributed by atoms with Crippen molar-refractivity contribution in [2.75, 3.05) is 26.2 Å².